The number of Topliss-reactive ketones (excluding diaryl/α,β-unsaturated/α-hetero) is 1. The molecule has 0 saturated carbocycles. The van der Waals surface area contributed by atoms with E-state index in [2.05, 4.69) is 10.6 Å². The highest BCUT2D eigenvalue weighted by molar-refractivity contribution is 6.35. The summed E-state index contributed by atoms with van der Waals surface area (Å²) in [6.07, 6.45) is 0.337. The summed E-state index contributed by atoms with van der Waals surface area (Å²) in [4.78, 5) is 50.4. The molecule has 30 heavy (non-hydrogen) atoms. The Kier molecular flexibility index (Phi) is 6.14. The quantitative estimate of drug-likeness (QED) is 0.516. The molecule has 7 nitrogen and oxygen atoms in total. The number of imide groups is 1. The number of benzene rings is 2. The van der Waals surface area contributed by atoms with Gasteiger partial charge < -0.3 is 10.6 Å². The molecule has 1 atom stereocenters. The average molecular weight is 448 g/mol. The fourth-order valence-corrected chi connectivity index (χ4v) is 3.74. The Morgan fingerprint density at radius 2 is 1.77 bits per heavy atom. The second kappa shape index (κ2) is 8.45. The Balaban J connectivity index is 1.77. The normalized spacial score (nSPS) is 18.3. The predicted octanol–water partition coefficient (Wildman–Crippen LogP) is 3.99. The van der Waals surface area contributed by atoms with Gasteiger partial charge in [0.25, 0.3) is 5.91 Å². The monoisotopic (exact) mass is 447 g/mol. The number of hydrogen-bond donors (Lipinski definition) is 2. The third-order valence-corrected chi connectivity index (χ3v) is 5.41. The lowest BCUT2D eigenvalue weighted by molar-refractivity contribution is -0.130. The summed E-state index contributed by atoms with van der Waals surface area (Å²) in [6.45, 7) is 2.83. The van der Waals surface area contributed by atoms with Crippen molar-refractivity contribution >= 4 is 52.5 Å². The van der Waals surface area contributed by atoms with E-state index in [1.54, 1.807) is 31.2 Å². The van der Waals surface area contributed by atoms with Gasteiger partial charge in [-0.25, -0.2) is 4.79 Å². The summed E-state index contributed by atoms with van der Waals surface area (Å²) in [6, 6.07) is 10.2. The van der Waals surface area contributed by atoms with Gasteiger partial charge in [-0.2, -0.15) is 0 Å². The van der Waals surface area contributed by atoms with Crippen molar-refractivity contribution in [1.82, 2.24) is 10.2 Å². The average Bonchev–Trinajstić information content (AvgIpc) is 2.91. The van der Waals surface area contributed by atoms with Crippen molar-refractivity contribution in [3.8, 4) is 0 Å². The molecule has 0 aliphatic carbocycles. The van der Waals surface area contributed by atoms with E-state index in [1.807, 2.05) is 0 Å². The molecule has 1 aliphatic rings. The van der Waals surface area contributed by atoms with Gasteiger partial charge >= 0.3 is 6.03 Å². The van der Waals surface area contributed by atoms with Gasteiger partial charge in [-0.1, -0.05) is 36.2 Å². The number of anilines is 1. The standard InChI is InChI=1S/C21H19Cl2N3O4/c1-3-18(28)24-14-7-4-12(5-8-14)17(27)11-26-19(29)21(2,25-20(26)30)15-9-6-13(22)10-16(15)23/h4-10H,3,11H2,1-2H3,(H,24,28)(H,25,30). The van der Waals surface area contributed by atoms with Gasteiger partial charge in [0.2, 0.25) is 5.91 Å². The number of rotatable bonds is 6. The highest BCUT2D eigenvalue weighted by Crippen LogP contribution is 2.35. The summed E-state index contributed by atoms with van der Waals surface area (Å²) in [7, 11) is 0. The molecule has 9 heteroatoms. The van der Waals surface area contributed by atoms with Crippen LogP contribution in [0.2, 0.25) is 10.0 Å². The number of ketones is 1. The van der Waals surface area contributed by atoms with Gasteiger partial charge in [-0.05, 0) is 43.3 Å². The van der Waals surface area contributed by atoms with E-state index in [1.165, 1.54) is 25.1 Å². The van der Waals surface area contributed by atoms with Crippen molar-refractivity contribution < 1.29 is 19.2 Å². The second-order valence-corrected chi connectivity index (χ2v) is 7.82. The molecule has 0 bridgehead atoms. The van der Waals surface area contributed by atoms with E-state index < -0.39 is 29.8 Å². The van der Waals surface area contributed by atoms with Crippen LogP contribution in [0.25, 0.3) is 0 Å². The minimum absolute atomic E-state index is 0.145. The van der Waals surface area contributed by atoms with Gasteiger partial charge in [-0.15, -0.1) is 0 Å². The Labute approximate surface area is 183 Å². The number of hydrogen-bond acceptors (Lipinski definition) is 4. The molecule has 2 N–H and O–H groups in total. The summed E-state index contributed by atoms with van der Waals surface area (Å²) < 4.78 is 0. The van der Waals surface area contributed by atoms with Crippen LogP contribution in [0, 0.1) is 0 Å². The molecule has 1 unspecified atom stereocenters. The number of carbonyl (C=O) groups is 4. The summed E-state index contributed by atoms with van der Waals surface area (Å²) >= 11 is 12.1. The Bertz CT molecular complexity index is 1040. The van der Waals surface area contributed by atoms with Crippen LogP contribution in [-0.2, 0) is 15.1 Å². The first-order valence-electron chi connectivity index (χ1n) is 9.18. The van der Waals surface area contributed by atoms with E-state index in [0.717, 1.165) is 4.90 Å². The lowest BCUT2D eigenvalue weighted by Gasteiger charge is -2.23. The highest BCUT2D eigenvalue weighted by Gasteiger charge is 2.50. The molecule has 1 aliphatic heterocycles. The van der Waals surface area contributed by atoms with Crippen molar-refractivity contribution in [2.45, 2.75) is 25.8 Å². The van der Waals surface area contributed by atoms with E-state index in [9.17, 15) is 19.2 Å². The van der Waals surface area contributed by atoms with E-state index in [0.29, 0.717) is 28.3 Å². The Hall–Kier alpha value is -2.90. The molecule has 1 fully saturated rings. The van der Waals surface area contributed by atoms with E-state index >= 15 is 0 Å². The van der Waals surface area contributed by atoms with Crippen molar-refractivity contribution in [1.29, 1.82) is 0 Å². The highest BCUT2D eigenvalue weighted by atomic mass is 35.5. The molecule has 2 aromatic carbocycles. The minimum atomic E-state index is -1.41. The molecular weight excluding hydrogens is 429 g/mol. The maximum atomic E-state index is 13.0. The number of carbonyl (C=O) groups excluding carboxylic acids is 4. The van der Waals surface area contributed by atoms with Gasteiger partial charge in [0.1, 0.15) is 5.54 Å². The molecular formula is C21H19Cl2N3O4. The van der Waals surface area contributed by atoms with Gasteiger partial charge in [0, 0.05) is 33.3 Å². The molecule has 156 valence electrons. The van der Waals surface area contributed by atoms with Gasteiger partial charge in [0.15, 0.2) is 5.78 Å². The first-order chi connectivity index (χ1) is 14.2. The number of nitrogens with one attached hydrogen (secondary N) is 2. The molecule has 0 aromatic heterocycles. The van der Waals surface area contributed by atoms with Crippen molar-refractivity contribution in [3.63, 3.8) is 0 Å². The topological polar surface area (TPSA) is 95.6 Å². The number of amides is 4. The van der Waals surface area contributed by atoms with Crippen molar-refractivity contribution in [2.75, 3.05) is 11.9 Å². The summed E-state index contributed by atoms with van der Waals surface area (Å²) in [5.74, 6) is -1.15. The number of halogens is 2. The first kappa shape index (κ1) is 21.8. The third-order valence-electron chi connectivity index (χ3n) is 4.86. The molecule has 0 spiro atoms. The van der Waals surface area contributed by atoms with Gasteiger partial charge in [0.05, 0.1) is 6.54 Å². The van der Waals surface area contributed by atoms with Crippen LogP contribution in [-0.4, -0.2) is 35.1 Å². The number of nitrogens with zero attached hydrogens (tertiary/aromatic N) is 1. The van der Waals surface area contributed by atoms with Crippen LogP contribution in [0.5, 0.6) is 0 Å². The zero-order chi connectivity index (χ0) is 22.1. The minimum Gasteiger partial charge on any atom is -0.326 e. The van der Waals surface area contributed by atoms with Gasteiger partial charge in [-0.3, -0.25) is 19.3 Å². The maximum Gasteiger partial charge on any atom is 0.325 e. The van der Waals surface area contributed by atoms with E-state index in [-0.39, 0.29) is 10.9 Å². The number of urea groups is 1. The van der Waals surface area contributed by atoms with Crippen LogP contribution in [0.3, 0.4) is 0 Å². The Morgan fingerprint density at radius 3 is 2.37 bits per heavy atom. The largest absolute Gasteiger partial charge is 0.326 e. The lowest BCUT2D eigenvalue weighted by Crippen LogP contribution is -2.41. The SMILES string of the molecule is CCC(=O)Nc1ccc(C(=O)CN2C(=O)NC(C)(c3ccc(Cl)cc3Cl)C2=O)cc1. The maximum absolute atomic E-state index is 13.0. The predicted molar refractivity (Wildman–Crippen MR) is 114 cm³/mol. The molecule has 0 radical (unpaired) electrons. The van der Waals surface area contributed by atoms with Crippen molar-refractivity contribution in [2.24, 2.45) is 0 Å². The summed E-state index contributed by atoms with van der Waals surface area (Å²) in [5.41, 5.74) is -0.160. The van der Waals surface area contributed by atoms with E-state index in [4.69, 9.17) is 23.2 Å². The zero-order valence-electron chi connectivity index (χ0n) is 16.3. The molecule has 1 saturated heterocycles. The van der Waals surface area contributed by atoms with Crippen molar-refractivity contribution in [3.05, 3.63) is 63.6 Å². The fraction of sp³-hybridized carbons (Fsp3) is 0.238. The third kappa shape index (κ3) is 4.17. The first-order valence-corrected chi connectivity index (χ1v) is 9.94. The van der Waals surface area contributed by atoms with Crippen LogP contribution in [0.4, 0.5) is 10.5 Å². The molecule has 4 amide bonds. The smallest absolute Gasteiger partial charge is 0.325 e. The Morgan fingerprint density at radius 1 is 1.10 bits per heavy atom. The molecule has 2 aromatic rings. The zero-order valence-corrected chi connectivity index (χ0v) is 17.8. The fourth-order valence-electron chi connectivity index (χ4n) is 3.14. The second-order valence-electron chi connectivity index (χ2n) is 6.97. The lowest BCUT2D eigenvalue weighted by atomic mass is 9.92. The summed E-state index contributed by atoms with van der Waals surface area (Å²) in [5, 5.41) is 5.92. The van der Waals surface area contributed by atoms with Crippen LogP contribution >= 0.6 is 23.2 Å². The van der Waals surface area contributed by atoms with Crippen LogP contribution < -0.4 is 10.6 Å². The molecule has 3 rings (SSSR count). The van der Waals surface area contributed by atoms with Crippen LogP contribution in [0.15, 0.2) is 42.5 Å². The molecule has 1 heterocycles. The van der Waals surface area contributed by atoms with Crippen LogP contribution in [0.1, 0.15) is 36.2 Å².